The number of Topliss-reactive ketones (excluding diaryl/α,β-unsaturated/α-hetero) is 1. The Kier molecular flexibility index (Phi) is 5.61. The maximum absolute atomic E-state index is 12.5. The third-order valence-electron chi connectivity index (χ3n) is 5.63. The van der Waals surface area contributed by atoms with Gasteiger partial charge in [-0.25, -0.2) is 4.79 Å². The van der Waals surface area contributed by atoms with E-state index in [-0.39, 0.29) is 11.8 Å². The van der Waals surface area contributed by atoms with E-state index in [1.54, 1.807) is 6.92 Å². The number of rotatable bonds is 3. The van der Waals surface area contributed by atoms with Crippen LogP contribution in [0.25, 0.3) is 0 Å². The van der Waals surface area contributed by atoms with E-state index < -0.39 is 0 Å². The third-order valence-corrected chi connectivity index (χ3v) is 5.63. The molecule has 1 aliphatic carbocycles. The minimum atomic E-state index is 0.0879. The number of urea groups is 1. The van der Waals surface area contributed by atoms with E-state index in [0.717, 1.165) is 43.9 Å². The van der Waals surface area contributed by atoms with Gasteiger partial charge in [0, 0.05) is 43.5 Å². The summed E-state index contributed by atoms with van der Waals surface area (Å²) in [7, 11) is 0. The van der Waals surface area contributed by atoms with Gasteiger partial charge in [-0.15, -0.1) is 0 Å². The van der Waals surface area contributed by atoms with Crippen molar-refractivity contribution in [2.24, 2.45) is 5.92 Å². The van der Waals surface area contributed by atoms with Crippen LogP contribution in [0.4, 0.5) is 10.5 Å². The molecular weight excluding hydrogens is 314 g/mol. The molecule has 1 aliphatic heterocycles. The lowest BCUT2D eigenvalue weighted by atomic mass is 9.86. The molecule has 2 fully saturated rings. The first-order valence-electron chi connectivity index (χ1n) is 9.46. The largest absolute Gasteiger partial charge is 0.368 e. The van der Waals surface area contributed by atoms with Crippen LogP contribution in [0, 0.1) is 5.92 Å². The molecule has 1 aromatic rings. The Balaban J connectivity index is 1.51. The molecule has 1 aromatic carbocycles. The number of anilines is 1. The molecule has 2 aliphatic rings. The van der Waals surface area contributed by atoms with Gasteiger partial charge in [0.15, 0.2) is 5.78 Å². The smallest absolute Gasteiger partial charge is 0.317 e. The highest BCUT2D eigenvalue weighted by atomic mass is 16.2. The second kappa shape index (κ2) is 7.89. The number of carbonyl (C=O) groups is 2. The van der Waals surface area contributed by atoms with Gasteiger partial charge in [-0.1, -0.05) is 19.8 Å². The van der Waals surface area contributed by atoms with Crippen LogP contribution >= 0.6 is 0 Å². The van der Waals surface area contributed by atoms with Gasteiger partial charge in [-0.2, -0.15) is 0 Å². The van der Waals surface area contributed by atoms with E-state index in [0.29, 0.717) is 12.0 Å². The number of piperazine rings is 1. The van der Waals surface area contributed by atoms with Gasteiger partial charge < -0.3 is 15.1 Å². The van der Waals surface area contributed by atoms with Gasteiger partial charge in [-0.3, -0.25) is 4.79 Å². The molecule has 0 spiro atoms. The fraction of sp³-hybridized carbons (Fsp3) is 0.600. The molecule has 2 amide bonds. The molecule has 0 aromatic heterocycles. The number of ketones is 1. The third kappa shape index (κ3) is 4.33. The summed E-state index contributed by atoms with van der Waals surface area (Å²) in [5.41, 5.74) is 1.86. The lowest BCUT2D eigenvalue weighted by Crippen LogP contribution is -2.54. The van der Waals surface area contributed by atoms with E-state index in [2.05, 4.69) is 17.1 Å². The molecule has 1 N–H and O–H groups in total. The normalized spacial score (nSPS) is 24.1. The zero-order valence-corrected chi connectivity index (χ0v) is 15.3. The Morgan fingerprint density at radius 3 is 2.24 bits per heavy atom. The van der Waals surface area contributed by atoms with Gasteiger partial charge in [0.25, 0.3) is 0 Å². The van der Waals surface area contributed by atoms with E-state index >= 15 is 0 Å². The maximum atomic E-state index is 12.5. The molecule has 1 saturated heterocycles. The fourth-order valence-electron chi connectivity index (χ4n) is 3.86. The van der Waals surface area contributed by atoms with Crippen molar-refractivity contribution in [1.82, 2.24) is 10.2 Å². The number of carbonyl (C=O) groups excluding carboxylic acids is 2. The first-order valence-corrected chi connectivity index (χ1v) is 9.46. The van der Waals surface area contributed by atoms with Crippen LogP contribution in [0.1, 0.15) is 49.9 Å². The van der Waals surface area contributed by atoms with Crippen LogP contribution < -0.4 is 10.2 Å². The molecule has 25 heavy (non-hydrogen) atoms. The first-order chi connectivity index (χ1) is 12.0. The molecule has 1 saturated carbocycles. The summed E-state index contributed by atoms with van der Waals surface area (Å²) < 4.78 is 0. The SMILES string of the molecule is CC(=O)c1ccc(N2CCN(C(=O)N[C@H]3CCCC[C@H]3C)CC2)cc1. The fourth-order valence-corrected chi connectivity index (χ4v) is 3.86. The van der Waals surface area contributed by atoms with Gasteiger partial charge in [0.05, 0.1) is 0 Å². The summed E-state index contributed by atoms with van der Waals surface area (Å²) in [6.45, 7) is 6.95. The summed E-state index contributed by atoms with van der Waals surface area (Å²) in [5.74, 6) is 0.670. The van der Waals surface area contributed by atoms with E-state index in [1.807, 2.05) is 29.2 Å². The van der Waals surface area contributed by atoms with Crippen molar-refractivity contribution in [3.05, 3.63) is 29.8 Å². The monoisotopic (exact) mass is 343 g/mol. The van der Waals surface area contributed by atoms with Crippen molar-refractivity contribution in [3.8, 4) is 0 Å². The van der Waals surface area contributed by atoms with Gasteiger partial charge in [0.2, 0.25) is 0 Å². The zero-order valence-electron chi connectivity index (χ0n) is 15.3. The second-order valence-electron chi connectivity index (χ2n) is 7.39. The van der Waals surface area contributed by atoms with Crippen molar-refractivity contribution in [2.45, 2.75) is 45.6 Å². The van der Waals surface area contributed by atoms with E-state index in [9.17, 15) is 9.59 Å². The number of benzene rings is 1. The van der Waals surface area contributed by atoms with Crippen molar-refractivity contribution in [2.75, 3.05) is 31.1 Å². The van der Waals surface area contributed by atoms with Crippen molar-refractivity contribution >= 4 is 17.5 Å². The summed E-state index contributed by atoms with van der Waals surface area (Å²) >= 11 is 0. The Bertz CT molecular complexity index is 606. The number of hydrogen-bond acceptors (Lipinski definition) is 3. The molecule has 5 heteroatoms. The predicted octanol–water partition coefficient (Wildman–Crippen LogP) is 3.30. The predicted molar refractivity (Wildman–Crippen MR) is 100 cm³/mol. The van der Waals surface area contributed by atoms with Crippen LogP contribution in [0.5, 0.6) is 0 Å². The second-order valence-corrected chi connectivity index (χ2v) is 7.39. The van der Waals surface area contributed by atoms with Crippen molar-refractivity contribution in [3.63, 3.8) is 0 Å². The Hall–Kier alpha value is -2.04. The average Bonchev–Trinajstić information content (AvgIpc) is 2.64. The Morgan fingerprint density at radius 2 is 1.64 bits per heavy atom. The number of nitrogens with zero attached hydrogens (tertiary/aromatic N) is 2. The molecule has 136 valence electrons. The molecule has 0 unspecified atom stereocenters. The van der Waals surface area contributed by atoms with Gasteiger partial charge in [-0.05, 0) is 49.9 Å². The van der Waals surface area contributed by atoms with Crippen molar-refractivity contribution < 1.29 is 9.59 Å². The highest BCUT2D eigenvalue weighted by Crippen LogP contribution is 2.24. The van der Waals surface area contributed by atoms with Gasteiger partial charge >= 0.3 is 6.03 Å². The highest BCUT2D eigenvalue weighted by Gasteiger charge is 2.27. The van der Waals surface area contributed by atoms with Gasteiger partial charge in [0.1, 0.15) is 0 Å². The summed E-state index contributed by atoms with van der Waals surface area (Å²) in [5, 5.41) is 3.24. The maximum Gasteiger partial charge on any atom is 0.317 e. The lowest BCUT2D eigenvalue weighted by molar-refractivity contribution is 0.101. The van der Waals surface area contributed by atoms with Crippen molar-refractivity contribution in [1.29, 1.82) is 0 Å². The van der Waals surface area contributed by atoms with Crippen LogP contribution in [-0.2, 0) is 0 Å². The molecule has 0 radical (unpaired) electrons. The van der Waals surface area contributed by atoms with E-state index in [1.165, 1.54) is 19.3 Å². The molecule has 3 rings (SSSR count). The molecule has 0 bridgehead atoms. The molecular formula is C20H29N3O2. The van der Waals surface area contributed by atoms with Crippen LogP contribution in [0.3, 0.4) is 0 Å². The summed E-state index contributed by atoms with van der Waals surface area (Å²) in [4.78, 5) is 28.1. The van der Waals surface area contributed by atoms with Crippen LogP contribution in [0.15, 0.2) is 24.3 Å². The minimum Gasteiger partial charge on any atom is -0.368 e. The molecule has 2 atom stereocenters. The summed E-state index contributed by atoms with van der Waals surface area (Å²) in [6, 6.07) is 8.16. The standard InChI is InChI=1S/C20H29N3O2/c1-15-5-3-4-6-19(15)21-20(25)23-13-11-22(12-14-23)18-9-7-17(8-10-18)16(2)24/h7-10,15,19H,3-6,11-14H2,1-2H3,(H,21,25)/t15-,19+/m1/s1. The van der Waals surface area contributed by atoms with Crippen LogP contribution in [0.2, 0.25) is 0 Å². The molecule has 1 heterocycles. The number of nitrogens with one attached hydrogen (secondary N) is 1. The zero-order chi connectivity index (χ0) is 17.8. The van der Waals surface area contributed by atoms with Crippen LogP contribution in [-0.4, -0.2) is 48.9 Å². The Labute approximate surface area is 150 Å². The summed E-state index contributed by atoms with van der Waals surface area (Å²) in [6.07, 6.45) is 4.83. The number of amides is 2. The highest BCUT2D eigenvalue weighted by molar-refractivity contribution is 5.94. The molecule has 5 nitrogen and oxygen atoms in total. The topological polar surface area (TPSA) is 52.7 Å². The number of hydrogen-bond donors (Lipinski definition) is 1. The lowest BCUT2D eigenvalue weighted by Gasteiger charge is -2.38. The first kappa shape index (κ1) is 17.8. The average molecular weight is 343 g/mol. The van der Waals surface area contributed by atoms with E-state index in [4.69, 9.17) is 0 Å². The minimum absolute atomic E-state index is 0.0879. The Morgan fingerprint density at radius 1 is 1.00 bits per heavy atom. The quantitative estimate of drug-likeness (QED) is 0.857.